The van der Waals surface area contributed by atoms with Crippen molar-refractivity contribution in [2.24, 2.45) is 0 Å². The number of imidazole rings is 1. The first-order chi connectivity index (χ1) is 9.58. The maximum absolute atomic E-state index is 6.27. The summed E-state index contributed by atoms with van der Waals surface area (Å²) in [6.07, 6.45) is 2.99. The average molecular weight is 312 g/mol. The van der Waals surface area contributed by atoms with Gasteiger partial charge in [0.25, 0.3) is 0 Å². The lowest BCUT2D eigenvalue weighted by molar-refractivity contribution is 0.637. The molecule has 0 aliphatic carbocycles. The van der Waals surface area contributed by atoms with Gasteiger partial charge >= 0.3 is 0 Å². The van der Waals surface area contributed by atoms with Crippen LogP contribution in [0.1, 0.15) is 32.5 Å². The van der Waals surface area contributed by atoms with Gasteiger partial charge in [-0.15, -0.1) is 0 Å². The first-order valence-corrected chi connectivity index (χ1v) is 7.64. The SMILES string of the molecule is CCCc1nc(-c2ccc(Cl)c(Cl)c2)c(N)n1CCC. The number of nitrogens with zero attached hydrogens (tertiary/aromatic N) is 2. The Hall–Kier alpha value is -1.19. The number of hydrogen-bond acceptors (Lipinski definition) is 2. The molecule has 2 N–H and O–H groups in total. The molecule has 3 nitrogen and oxygen atoms in total. The van der Waals surface area contributed by atoms with E-state index in [9.17, 15) is 0 Å². The summed E-state index contributed by atoms with van der Waals surface area (Å²) in [5.74, 6) is 1.74. The van der Waals surface area contributed by atoms with Crippen molar-refractivity contribution in [1.29, 1.82) is 0 Å². The van der Waals surface area contributed by atoms with Gasteiger partial charge in [0.05, 0.1) is 10.0 Å². The number of halogens is 2. The van der Waals surface area contributed by atoms with Gasteiger partial charge in [0.2, 0.25) is 0 Å². The van der Waals surface area contributed by atoms with E-state index < -0.39 is 0 Å². The second-order valence-electron chi connectivity index (χ2n) is 4.79. The molecular weight excluding hydrogens is 293 g/mol. The molecule has 0 radical (unpaired) electrons. The zero-order chi connectivity index (χ0) is 14.7. The molecule has 1 heterocycles. The van der Waals surface area contributed by atoms with E-state index in [4.69, 9.17) is 33.9 Å². The number of benzene rings is 1. The number of nitrogens with two attached hydrogens (primary N) is 1. The Bertz CT molecular complexity index is 605. The van der Waals surface area contributed by atoms with Crippen molar-refractivity contribution in [3.8, 4) is 11.3 Å². The molecule has 0 atom stereocenters. The minimum atomic E-state index is 0.519. The van der Waals surface area contributed by atoms with Crippen molar-refractivity contribution in [3.63, 3.8) is 0 Å². The van der Waals surface area contributed by atoms with E-state index in [1.807, 2.05) is 12.1 Å². The molecule has 0 bridgehead atoms. The molecular formula is C15H19Cl2N3. The summed E-state index contributed by atoms with van der Waals surface area (Å²) in [7, 11) is 0. The van der Waals surface area contributed by atoms with Gasteiger partial charge in [0.1, 0.15) is 17.3 Å². The Morgan fingerprint density at radius 3 is 2.50 bits per heavy atom. The molecule has 0 saturated carbocycles. The fourth-order valence-corrected chi connectivity index (χ4v) is 2.56. The van der Waals surface area contributed by atoms with E-state index in [0.29, 0.717) is 15.9 Å². The topological polar surface area (TPSA) is 43.8 Å². The smallest absolute Gasteiger partial charge is 0.131 e. The van der Waals surface area contributed by atoms with Crippen LogP contribution in [0.2, 0.25) is 10.0 Å². The Morgan fingerprint density at radius 2 is 1.90 bits per heavy atom. The second-order valence-corrected chi connectivity index (χ2v) is 5.61. The van der Waals surface area contributed by atoms with Gasteiger partial charge in [0, 0.05) is 18.5 Å². The predicted octanol–water partition coefficient (Wildman–Crippen LogP) is 4.80. The van der Waals surface area contributed by atoms with Gasteiger partial charge in [-0.25, -0.2) is 4.98 Å². The average Bonchev–Trinajstić information content (AvgIpc) is 2.72. The van der Waals surface area contributed by atoms with Crippen LogP contribution < -0.4 is 5.73 Å². The lowest BCUT2D eigenvalue weighted by atomic mass is 10.1. The van der Waals surface area contributed by atoms with Crippen LogP contribution in [0.5, 0.6) is 0 Å². The molecule has 108 valence electrons. The molecule has 0 unspecified atom stereocenters. The molecule has 0 amide bonds. The van der Waals surface area contributed by atoms with Crippen molar-refractivity contribution in [3.05, 3.63) is 34.1 Å². The molecule has 2 rings (SSSR count). The highest BCUT2D eigenvalue weighted by molar-refractivity contribution is 6.42. The van der Waals surface area contributed by atoms with Crippen LogP contribution >= 0.6 is 23.2 Å². The Kier molecular flexibility index (Phi) is 4.95. The highest BCUT2D eigenvalue weighted by Gasteiger charge is 2.15. The number of aromatic nitrogens is 2. The van der Waals surface area contributed by atoms with E-state index in [1.54, 1.807) is 6.07 Å². The van der Waals surface area contributed by atoms with Crippen LogP contribution in [0.3, 0.4) is 0 Å². The van der Waals surface area contributed by atoms with E-state index in [2.05, 4.69) is 18.4 Å². The first kappa shape index (κ1) is 15.2. The highest BCUT2D eigenvalue weighted by atomic mass is 35.5. The van der Waals surface area contributed by atoms with E-state index in [-0.39, 0.29) is 0 Å². The summed E-state index contributed by atoms with van der Waals surface area (Å²) in [5.41, 5.74) is 7.96. The van der Waals surface area contributed by atoms with Crippen molar-refractivity contribution in [1.82, 2.24) is 9.55 Å². The van der Waals surface area contributed by atoms with Crippen LogP contribution in [-0.2, 0) is 13.0 Å². The monoisotopic (exact) mass is 311 g/mol. The van der Waals surface area contributed by atoms with Gasteiger partial charge in [0.15, 0.2) is 0 Å². The van der Waals surface area contributed by atoms with Gasteiger partial charge in [-0.2, -0.15) is 0 Å². The molecule has 0 aliphatic rings. The van der Waals surface area contributed by atoms with Gasteiger partial charge in [-0.05, 0) is 25.0 Å². The summed E-state index contributed by atoms with van der Waals surface area (Å²) in [5, 5.41) is 1.06. The molecule has 20 heavy (non-hydrogen) atoms. The first-order valence-electron chi connectivity index (χ1n) is 6.88. The minimum absolute atomic E-state index is 0.519. The zero-order valence-corrected chi connectivity index (χ0v) is 13.3. The predicted molar refractivity (Wildman–Crippen MR) is 86.4 cm³/mol. The molecule has 0 spiro atoms. The molecule has 0 saturated heterocycles. The van der Waals surface area contributed by atoms with E-state index in [1.165, 1.54) is 0 Å². The summed E-state index contributed by atoms with van der Waals surface area (Å²) >= 11 is 12.0. The number of hydrogen-bond donors (Lipinski definition) is 1. The van der Waals surface area contributed by atoms with Gasteiger partial charge in [-0.1, -0.05) is 43.1 Å². The summed E-state index contributed by atoms with van der Waals surface area (Å²) in [4.78, 5) is 4.70. The Morgan fingerprint density at radius 1 is 1.15 bits per heavy atom. The van der Waals surface area contributed by atoms with Gasteiger partial charge < -0.3 is 10.3 Å². The third kappa shape index (κ3) is 2.94. The number of nitrogen functional groups attached to an aromatic ring is 1. The van der Waals surface area contributed by atoms with Crippen LogP contribution in [0, 0.1) is 0 Å². The second kappa shape index (κ2) is 6.51. The van der Waals surface area contributed by atoms with Gasteiger partial charge in [-0.3, -0.25) is 0 Å². The molecule has 2 aromatic rings. The lowest BCUT2D eigenvalue weighted by Crippen LogP contribution is -2.06. The third-order valence-corrected chi connectivity index (χ3v) is 3.94. The fraction of sp³-hybridized carbons (Fsp3) is 0.400. The fourth-order valence-electron chi connectivity index (χ4n) is 2.26. The molecule has 1 aromatic heterocycles. The van der Waals surface area contributed by atoms with Crippen molar-refractivity contribution in [2.45, 2.75) is 39.7 Å². The minimum Gasteiger partial charge on any atom is -0.383 e. The highest BCUT2D eigenvalue weighted by Crippen LogP contribution is 2.32. The van der Waals surface area contributed by atoms with Crippen molar-refractivity contribution in [2.75, 3.05) is 5.73 Å². The quantitative estimate of drug-likeness (QED) is 0.861. The third-order valence-electron chi connectivity index (χ3n) is 3.20. The number of aryl methyl sites for hydroxylation is 1. The molecule has 1 aromatic carbocycles. The molecule has 0 aliphatic heterocycles. The number of anilines is 1. The standard InChI is InChI=1S/C15H19Cl2N3/c1-3-5-13-19-14(15(18)20(13)8-4-2)10-6-7-11(16)12(17)9-10/h6-7,9H,3-5,8,18H2,1-2H3. The lowest BCUT2D eigenvalue weighted by Gasteiger charge is -2.07. The summed E-state index contributed by atoms with van der Waals surface area (Å²) in [6, 6.07) is 5.49. The Labute approximate surface area is 129 Å². The van der Waals surface area contributed by atoms with Crippen molar-refractivity contribution < 1.29 is 0 Å². The zero-order valence-electron chi connectivity index (χ0n) is 11.8. The maximum Gasteiger partial charge on any atom is 0.131 e. The Balaban J connectivity index is 2.50. The largest absolute Gasteiger partial charge is 0.383 e. The van der Waals surface area contributed by atoms with E-state index >= 15 is 0 Å². The molecule has 5 heteroatoms. The summed E-state index contributed by atoms with van der Waals surface area (Å²) in [6.45, 7) is 5.16. The normalized spacial score (nSPS) is 11.0. The molecule has 0 fully saturated rings. The van der Waals surface area contributed by atoms with Crippen LogP contribution in [0.4, 0.5) is 5.82 Å². The summed E-state index contributed by atoms with van der Waals surface area (Å²) < 4.78 is 2.10. The van der Waals surface area contributed by atoms with Crippen LogP contribution in [-0.4, -0.2) is 9.55 Å². The maximum atomic E-state index is 6.27. The number of rotatable bonds is 5. The van der Waals surface area contributed by atoms with Crippen molar-refractivity contribution >= 4 is 29.0 Å². The van der Waals surface area contributed by atoms with Crippen LogP contribution in [0.25, 0.3) is 11.3 Å². The van der Waals surface area contributed by atoms with E-state index in [0.717, 1.165) is 42.9 Å². The van der Waals surface area contributed by atoms with Crippen LogP contribution in [0.15, 0.2) is 18.2 Å².